The largest absolute Gasteiger partial charge is 0.465 e. The molecule has 0 amide bonds. The van der Waals surface area contributed by atoms with E-state index in [1.165, 1.54) is 0 Å². The van der Waals surface area contributed by atoms with Gasteiger partial charge in [0.05, 0.1) is 6.61 Å². The monoisotopic (exact) mass is 175 g/mol. The van der Waals surface area contributed by atoms with Crippen molar-refractivity contribution in [3.63, 3.8) is 0 Å². The number of rotatable bonds is 4. The van der Waals surface area contributed by atoms with E-state index >= 15 is 0 Å². The molecule has 0 aliphatic carbocycles. The summed E-state index contributed by atoms with van der Waals surface area (Å²) in [4.78, 5) is 25.7. The van der Waals surface area contributed by atoms with Crippen LogP contribution in [0.4, 0.5) is 0 Å². The number of hydrogen-bond acceptors (Lipinski definition) is 5. The average Bonchev–Trinajstić information content (AvgIpc) is 2.06. The zero-order valence-corrected chi connectivity index (χ0v) is 7.20. The third-order valence-electron chi connectivity index (χ3n) is 1.38. The predicted octanol–water partition coefficient (Wildman–Crippen LogP) is -0.00740. The Morgan fingerprint density at radius 2 is 1.92 bits per heavy atom. The molecule has 1 unspecified atom stereocenters. The molecule has 12 heavy (non-hydrogen) atoms. The number of carbonyl (C=O) groups is 2. The Labute approximate surface area is 70.8 Å². The van der Waals surface area contributed by atoms with E-state index in [1.807, 2.05) is 0 Å². The molecular formula is C7H13NO4. The van der Waals surface area contributed by atoms with Crippen LogP contribution in [0.5, 0.6) is 0 Å². The molecule has 70 valence electrons. The fraction of sp³-hybridized carbons (Fsp3) is 0.714. The first-order chi connectivity index (χ1) is 5.67. The minimum Gasteiger partial charge on any atom is -0.465 e. The van der Waals surface area contributed by atoms with Crippen molar-refractivity contribution in [1.29, 1.82) is 0 Å². The fourth-order valence-electron chi connectivity index (χ4n) is 0.755. The van der Waals surface area contributed by atoms with Gasteiger partial charge in [-0.3, -0.25) is 4.79 Å². The van der Waals surface area contributed by atoms with Gasteiger partial charge in [0.2, 0.25) is 0 Å². The summed E-state index contributed by atoms with van der Waals surface area (Å²) >= 11 is 0. The van der Waals surface area contributed by atoms with E-state index in [0.717, 1.165) is 0 Å². The number of esters is 1. The van der Waals surface area contributed by atoms with Gasteiger partial charge in [-0.15, -0.1) is 0 Å². The zero-order chi connectivity index (χ0) is 9.56. The highest BCUT2D eigenvalue weighted by atomic mass is 16.7. The molecule has 2 N–H and O–H groups in total. The van der Waals surface area contributed by atoms with Gasteiger partial charge >= 0.3 is 11.9 Å². The van der Waals surface area contributed by atoms with E-state index < -0.39 is 17.9 Å². The molecule has 0 aromatic carbocycles. The molecule has 5 nitrogen and oxygen atoms in total. The topological polar surface area (TPSA) is 78.6 Å². The quantitative estimate of drug-likeness (QED) is 0.369. The second-order valence-corrected chi connectivity index (χ2v) is 2.15. The lowest BCUT2D eigenvalue weighted by Crippen LogP contribution is -2.29. The van der Waals surface area contributed by atoms with Crippen molar-refractivity contribution < 1.29 is 19.2 Å². The van der Waals surface area contributed by atoms with Crippen LogP contribution < -0.4 is 5.90 Å². The third-order valence-corrected chi connectivity index (χ3v) is 1.38. The molecule has 5 heteroatoms. The first-order valence-electron chi connectivity index (χ1n) is 3.74. The zero-order valence-electron chi connectivity index (χ0n) is 7.20. The highest BCUT2D eigenvalue weighted by molar-refractivity contribution is 5.94. The summed E-state index contributed by atoms with van der Waals surface area (Å²) in [5, 5.41) is 0. The number of nitrogens with two attached hydrogens (primary N) is 1. The summed E-state index contributed by atoms with van der Waals surface area (Å²) in [5.41, 5.74) is 0. The van der Waals surface area contributed by atoms with Crippen LogP contribution in [0.3, 0.4) is 0 Å². The van der Waals surface area contributed by atoms with E-state index in [1.54, 1.807) is 13.8 Å². The summed E-state index contributed by atoms with van der Waals surface area (Å²) in [7, 11) is 0. The van der Waals surface area contributed by atoms with Crippen molar-refractivity contribution in [2.45, 2.75) is 20.3 Å². The van der Waals surface area contributed by atoms with E-state index in [0.29, 0.717) is 6.42 Å². The van der Waals surface area contributed by atoms with Crippen molar-refractivity contribution in [3.8, 4) is 0 Å². The summed E-state index contributed by atoms with van der Waals surface area (Å²) in [6, 6.07) is 0. The van der Waals surface area contributed by atoms with Crippen LogP contribution in [-0.4, -0.2) is 18.5 Å². The maximum atomic E-state index is 11.0. The van der Waals surface area contributed by atoms with Crippen LogP contribution in [0.15, 0.2) is 0 Å². The Kier molecular flexibility index (Phi) is 5.03. The highest BCUT2D eigenvalue weighted by Crippen LogP contribution is 2.06. The number of carbonyl (C=O) groups excluding carboxylic acids is 2. The van der Waals surface area contributed by atoms with Crippen molar-refractivity contribution in [2.75, 3.05) is 6.61 Å². The van der Waals surface area contributed by atoms with Crippen molar-refractivity contribution >= 4 is 11.9 Å². The lowest BCUT2D eigenvalue weighted by Gasteiger charge is -2.09. The maximum absolute atomic E-state index is 11.0. The molecule has 0 fully saturated rings. The molecule has 0 aliphatic heterocycles. The molecular weight excluding hydrogens is 162 g/mol. The standard InChI is InChI=1S/C7H13NO4/c1-3-5(7(10)12-8)6(9)11-4-2/h5H,3-4,8H2,1-2H3. The second-order valence-electron chi connectivity index (χ2n) is 2.15. The molecule has 0 heterocycles. The minimum atomic E-state index is -0.894. The maximum Gasteiger partial charge on any atom is 0.338 e. The lowest BCUT2D eigenvalue weighted by molar-refractivity contribution is -0.162. The molecule has 0 aliphatic rings. The highest BCUT2D eigenvalue weighted by Gasteiger charge is 2.27. The summed E-state index contributed by atoms with van der Waals surface area (Å²) < 4.78 is 4.62. The smallest absolute Gasteiger partial charge is 0.338 e. The van der Waals surface area contributed by atoms with Crippen LogP contribution in [0.1, 0.15) is 20.3 Å². The van der Waals surface area contributed by atoms with Crippen LogP contribution >= 0.6 is 0 Å². The van der Waals surface area contributed by atoms with Gasteiger partial charge in [-0.2, -0.15) is 5.90 Å². The molecule has 0 aromatic rings. The summed E-state index contributed by atoms with van der Waals surface area (Å²) in [5.74, 6) is 2.39. The SMILES string of the molecule is CCOC(=O)C(CC)C(=O)ON. The Hall–Kier alpha value is -1.10. The van der Waals surface area contributed by atoms with Crippen molar-refractivity contribution in [3.05, 3.63) is 0 Å². The predicted molar refractivity (Wildman–Crippen MR) is 40.7 cm³/mol. The number of hydrogen-bond donors (Lipinski definition) is 1. The molecule has 0 radical (unpaired) electrons. The molecule has 0 spiro atoms. The Morgan fingerprint density at radius 3 is 2.25 bits per heavy atom. The average molecular weight is 175 g/mol. The van der Waals surface area contributed by atoms with Gasteiger partial charge in [0.25, 0.3) is 0 Å². The van der Waals surface area contributed by atoms with Gasteiger partial charge < -0.3 is 9.57 Å². The molecule has 0 aromatic heterocycles. The summed E-state index contributed by atoms with van der Waals surface area (Å²) in [6.45, 7) is 3.59. The first kappa shape index (κ1) is 10.9. The van der Waals surface area contributed by atoms with Crippen LogP contribution in [0.2, 0.25) is 0 Å². The molecule has 1 atom stereocenters. The van der Waals surface area contributed by atoms with E-state index in [4.69, 9.17) is 0 Å². The first-order valence-corrected chi connectivity index (χ1v) is 3.74. The fourth-order valence-corrected chi connectivity index (χ4v) is 0.755. The van der Waals surface area contributed by atoms with E-state index in [2.05, 4.69) is 15.5 Å². The van der Waals surface area contributed by atoms with Gasteiger partial charge in [-0.1, -0.05) is 6.92 Å². The van der Waals surface area contributed by atoms with Gasteiger partial charge in [-0.25, -0.2) is 4.79 Å². The van der Waals surface area contributed by atoms with Crippen LogP contribution in [-0.2, 0) is 19.2 Å². The van der Waals surface area contributed by atoms with Gasteiger partial charge in [0, 0.05) is 0 Å². The molecule has 0 bridgehead atoms. The lowest BCUT2D eigenvalue weighted by atomic mass is 10.1. The van der Waals surface area contributed by atoms with Crippen LogP contribution in [0, 0.1) is 5.92 Å². The summed E-state index contributed by atoms with van der Waals surface area (Å²) in [6.07, 6.45) is 0.328. The second kappa shape index (κ2) is 5.54. The molecule has 0 rings (SSSR count). The number of ether oxygens (including phenoxy) is 1. The Balaban J connectivity index is 4.14. The van der Waals surface area contributed by atoms with Gasteiger partial charge in [0.1, 0.15) is 0 Å². The van der Waals surface area contributed by atoms with Crippen molar-refractivity contribution in [1.82, 2.24) is 0 Å². The van der Waals surface area contributed by atoms with E-state index in [9.17, 15) is 9.59 Å². The minimum absolute atomic E-state index is 0.243. The van der Waals surface area contributed by atoms with E-state index in [-0.39, 0.29) is 6.61 Å². The third kappa shape index (κ3) is 2.87. The Morgan fingerprint density at radius 1 is 1.33 bits per heavy atom. The van der Waals surface area contributed by atoms with Crippen molar-refractivity contribution in [2.24, 2.45) is 11.8 Å². The molecule has 0 saturated heterocycles. The van der Waals surface area contributed by atoms with Gasteiger partial charge in [-0.05, 0) is 13.3 Å². The normalized spacial score (nSPS) is 11.9. The van der Waals surface area contributed by atoms with Crippen LogP contribution in [0.25, 0.3) is 0 Å². The van der Waals surface area contributed by atoms with Gasteiger partial charge in [0.15, 0.2) is 5.92 Å². The molecule has 0 saturated carbocycles. The Bertz CT molecular complexity index is 169.